The molecule has 0 fully saturated rings. The standard InChI is InChI=1S/C17H20ClN3O/c1-20(2)16-8-11-21(12-9-16)13-17(22)19-10-7-14-3-5-15(18)6-4-14/h3-6,8-9,11-12H,7,10,13H2,1-2H3/p+1. The number of carbonyl (C=O) groups is 1. The number of nitrogens with one attached hydrogen (secondary N) is 1. The molecule has 1 aromatic heterocycles. The van der Waals surface area contributed by atoms with Gasteiger partial charge in [0.05, 0.1) is 0 Å². The van der Waals surface area contributed by atoms with Gasteiger partial charge in [0.2, 0.25) is 6.54 Å². The number of anilines is 1. The number of pyridine rings is 1. The molecule has 0 spiro atoms. The highest BCUT2D eigenvalue weighted by Crippen LogP contribution is 2.09. The Morgan fingerprint density at radius 3 is 2.36 bits per heavy atom. The first kappa shape index (κ1) is 16.3. The third kappa shape index (κ3) is 5.04. The second kappa shape index (κ2) is 7.80. The molecule has 1 aromatic carbocycles. The predicted octanol–water partition coefficient (Wildman–Crippen LogP) is 2.05. The SMILES string of the molecule is CN(C)c1cc[n+](CC(=O)NCCc2ccc(Cl)cc2)cc1. The number of hydrogen-bond acceptors (Lipinski definition) is 2. The molecule has 2 rings (SSSR count). The summed E-state index contributed by atoms with van der Waals surface area (Å²) in [5, 5.41) is 3.66. The van der Waals surface area contributed by atoms with Gasteiger partial charge in [-0.2, -0.15) is 4.57 Å². The minimum Gasteiger partial charge on any atom is -0.377 e. The highest BCUT2D eigenvalue weighted by molar-refractivity contribution is 6.30. The van der Waals surface area contributed by atoms with E-state index >= 15 is 0 Å². The summed E-state index contributed by atoms with van der Waals surface area (Å²) in [4.78, 5) is 13.9. The fraction of sp³-hybridized carbons (Fsp3) is 0.294. The van der Waals surface area contributed by atoms with Crippen molar-refractivity contribution in [2.45, 2.75) is 13.0 Å². The van der Waals surface area contributed by atoms with Crippen LogP contribution in [0.5, 0.6) is 0 Å². The van der Waals surface area contributed by atoms with Gasteiger partial charge in [0.15, 0.2) is 12.4 Å². The van der Waals surface area contributed by atoms with E-state index in [9.17, 15) is 4.79 Å². The zero-order valence-corrected chi connectivity index (χ0v) is 13.7. The lowest BCUT2D eigenvalue weighted by Crippen LogP contribution is -2.42. The lowest BCUT2D eigenvalue weighted by molar-refractivity contribution is -0.684. The first-order valence-electron chi connectivity index (χ1n) is 7.22. The van der Waals surface area contributed by atoms with Crippen LogP contribution in [0.1, 0.15) is 5.56 Å². The average Bonchev–Trinajstić information content (AvgIpc) is 2.50. The molecule has 0 saturated carbocycles. The Bertz CT molecular complexity index is 609. The van der Waals surface area contributed by atoms with Gasteiger partial charge in [0.1, 0.15) is 0 Å². The molecule has 4 nitrogen and oxygen atoms in total. The Labute approximate surface area is 136 Å². The summed E-state index contributed by atoms with van der Waals surface area (Å²) in [5.74, 6) is 0.0107. The van der Waals surface area contributed by atoms with E-state index in [1.54, 1.807) is 0 Å². The maximum atomic E-state index is 11.9. The Morgan fingerprint density at radius 2 is 1.77 bits per heavy atom. The van der Waals surface area contributed by atoms with E-state index in [1.165, 1.54) is 0 Å². The molecule has 1 N–H and O–H groups in total. The summed E-state index contributed by atoms with van der Waals surface area (Å²) < 4.78 is 1.87. The van der Waals surface area contributed by atoms with E-state index in [0.29, 0.717) is 13.1 Å². The van der Waals surface area contributed by atoms with E-state index in [1.807, 2.05) is 72.4 Å². The van der Waals surface area contributed by atoms with Gasteiger partial charge in [0, 0.05) is 43.5 Å². The van der Waals surface area contributed by atoms with Crippen molar-refractivity contribution in [3.63, 3.8) is 0 Å². The molecule has 5 heteroatoms. The van der Waals surface area contributed by atoms with Gasteiger partial charge < -0.3 is 10.2 Å². The van der Waals surface area contributed by atoms with Crippen LogP contribution in [0.15, 0.2) is 48.8 Å². The van der Waals surface area contributed by atoms with Gasteiger partial charge >= 0.3 is 0 Å². The van der Waals surface area contributed by atoms with Gasteiger partial charge in [-0.15, -0.1) is 0 Å². The fourth-order valence-electron chi connectivity index (χ4n) is 2.07. The second-order valence-corrected chi connectivity index (χ2v) is 5.79. The van der Waals surface area contributed by atoms with Crippen molar-refractivity contribution in [1.82, 2.24) is 5.32 Å². The van der Waals surface area contributed by atoms with Crippen LogP contribution in [0, 0.1) is 0 Å². The normalized spacial score (nSPS) is 10.3. The van der Waals surface area contributed by atoms with E-state index in [4.69, 9.17) is 11.6 Å². The van der Waals surface area contributed by atoms with Gasteiger partial charge in [-0.1, -0.05) is 23.7 Å². The third-order valence-corrected chi connectivity index (χ3v) is 3.62. The van der Waals surface area contributed by atoms with Crippen molar-refractivity contribution >= 4 is 23.2 Å². The largest absolute Gasteiger partial charge is 0.377 e. The zero-order chi connectivity index (χ0) is 15.9. The summed E-state index contributed by atoms with van der Waals surface area (Å²) in [6.07, 6.45) is 4.62. The first-order chi connectivity index (χ1) is 10.5. The fourth-order valence-corrected chi connectivity index (χ4v) is 2.20. The molecule has 0 aliphatic carbocycles. The minimum atomic E-state index is 0.0107. The van der Waals surface area contributed by atoms with Gasteiger partial charge in [-0.25, -0.2) is 0 Å². The maximum Gasteiger partial charge on any atom is 0.285 e. The van der Waals surface area contributed by atoms with Crippen molar-refractivity contribution in [3.05, 3.63) is 59.4 Å². The van der Waals surface area contributed by atoms with Crippen LogP contribution < -0.4 is 14.8 Å². The Kier molecular flexibility index (Phi) is 5.78. The second-order valence-electron chi connectivity index (χ2n) is 5.35. The number of aromatic nitrogens is 1. The molecule has 0 unspecified atom stereocenters. The van der Waals surface area contributed by atoms with Crippen LogP contribution in [-0.4, -0.2) is 26.5 Å². The van der Waals surface area contributed by atoms with Crippen molar-refractivity contribution in [2.75, 3.05) is 25.5 Å². The predicted molar refractivity (Wildman–Crippen MR) is 89.1 cm³/mol. The summed E-state index contributed by atoms with van der Waals surface area (Å²) in [6.45, 7) is 0.950. The summed E-state index contributed by atoms with van der Waals surface area (Å²) in [6, 6.07) is 11.6. The lowest BCUT2D eigenvalue weighted by atomic mass is 10.1. The molecule has 0 bridgehead atoms. The number of rotatable bonds is 6. The number of carbonyl (C=O) groups excluding carboxylic acids is 1. The van der Waals surface area contributed by atoms with Gasteiger partial charge in [0.25, 0.3) is 5.91 Å². The summed E-state index contributed by atoms with van der Waals surface area (Å²) in [5.41, 5.74) is 2.27. The molecule has 1 amide bonds. The van der Waals surface area contributed by atoms with E-state index < -0.39 is 0 Å². The first-order valence-corrected chi connectivity index (χ1v) is 7.60. The number of amides is 1. The Hall–Kier alpha value is -2.07. The molecule has 1 heterocycles. The summed E-state index contributed by atoms with van der Waals surface area (Å²) in [7, 11) is 3.98. The molecular formula is C17H21ClN3O+. The van der Waals surface area contributed by atoms with Crippen LogP contribution >= 0.6 is 11.6 Å². The van der Waals surface area contributed by atoms with Crippen molar-refractivity contribution in [2.24, 2.45) is 0 Å². The minimum absolute atomic E-state index is 0.0107. The number of halogens is 1. The van der Waals surface area contributed by atoms with Crippen molar-refractivity contribution in [1.29, 1.82) is 0 Å². The highest BCUT2D eigenvalue weighted by atomic mass is 35.5. The quantitative estimate of drug-likeness (QED) is 0.828. The maximum absolute atomic E-state index is 11.9. The zero-order valence-electron chi connectivity index (χ0n) is 12.9. The van der Waals surface area contributed by atoms with Crippen LogP contribution in [0.2, 0.25) is 5.02 Å². The molecule has 0 aliphatic heterocycles. The van der Waals surface area contributed by atoms with Crippen LogP contribution in [-0.2, 0) is 17.8 Å². The topological polar surface area (TPSA) is 36.2 Å². The monoisotopic (exact) mass is 318 g/mol. The Morgan fingerprint density at radius 1 is 1.14 bits per heavy atom. The average molecular weight is 319 g/mol. The lowest BCUT2D eigenvalue weighted by Gasteiger charge is -2.10. The van der Waals surface area contributed by atoms with Crippen molar-refractivity contribution < 1.29 is 9.36 Å². The van der Waals surface area contributed by atoms with Gasteiger partial charge in [-0.05, 0) is 24.1 Å². The van der Waals surface area contributed by atoms with E-state index in [0.717, 1.165) is 22.7 Å². The summed E-state index contributed by atoms with van der Waals surface area (Å²) >= 11 is 5.84. The van der Waals surface area contributed by atoms with E-state index in [2.05, 4.69) is 5.32 Å². The molecule has 0 atom stereocenters. The number of hydrogen-bond donors (Lipinski definition) is 1. The molecule has 0 radical (unpaired) electrons. The smallest absolute Gasteiger partial charge is 0.285 e. The number of nitrogens with zero attached hydrogens (tertiary/aromatic N) is 2. The third-order valence-electron chi connectivity index (χ3n) is 3.37. The highest BCUT2D eigenvalue weighted by Gasteiger charge is 2.09. The van der Waals surface area contributed by atoms with Gasteiger partial charge in [-0.3, -0.25) is 4.79 Å². The van der Waals surface area contributed by atoms with Crippen molar-refractivity contribution in [3.8, 4) is 0 Å². The van der Waals surface area contributed by atoms with Crippen LogP contribution in [0.4, 0.5) is 5.69 Å². The molecule has 2 aromatic rings. The molecule has 116 valence electrons. The molecule has 0 aliphatic rings. The molecule has 22 heavy (non-hydrogen) atoms. The molecule has 0 saturated heterocycles. The van der Waals surface area contributed by atoms with E-state index in [-0.39, 0.29) is 5.91 Å². The van der Waals surface area contributed by atoms with Crippen LogP contribution in [0.3, 0.4) is 0 Å². The van der Waals surface area contributed by atoms with Crippen LogP contribution in [0.25, 0.3) is 0 Å². The number of benzene rings is 1. The molecular weight excluding hydrogens is 298 g/mol. The Balaban J connectivity index is 1.76.